The third-order valence-electron chi connectivity index (χ3n) is 4.92. The Morgan fingerprint density at radius 3 is 2.72 bits per heavy atom. The molecule has 1 saturated heterocycles. The van der Waals surface area contributed by atoms with Gasteiger partial charge in [0.1, 0.15) is 24.6 Å². The van der Waals surface area contributed by atoms with Crippen molar-refractivity contribution in [3.05, 3.63) is 12.7 Å². The molecule has 9 nitrogen and oxygen atoms in total. The van der Waals surface area contributed by atoms with Gasteiger partial charge in [-0.1, -0.05) is 0 Å². The summed E-state index contributed by atoms with van der Waals surface area (Å²) >= 11 is 5.77. The quantitative estimate of drug-likeness (QED) is 0.555. The maximum absolute atomic E-state index is 10.2. The van der Waals surface area contributed by atoms with Crippen molar-refractivity contribution in [1.29, 1.82) is 0 Å². The fourth-order valence-corrected chi connectivity index (χ4v) is 3.77. The maximum atomic E-state index is 10.2. The van der Waals surface area contributed by atoms with Crippen molar-refractivity contribution in [3.8, 4) is 0 Å². The molecule has 3 heterocycles. The molecule has 2 fully saturated rings. The van der Waals surface area contributed by atoms with Crippen LogP contribution in [0.5, 0.6) is 0 Å². The number of rotatable bonds is 4. The van der Waals surface area contributed by atoms with E-state index in [2.05, 4.69) is 20.3 Å². The Morgan fingerprint density at radius 2 is 2.04 bits per heavy atom. The summed E-state index contributed by atoms with van der Waals surface area (Å²) in [6, 6.07) is -0.0704. The molecule has 0 bridgehead atoms. The second-order valence-corrected chi connectivity index (χ2v) is 6.80. The average molecular weight is 370 g/mol. The minimum atomic E-state index is -1.14. The lowest BCUT2D eigenvalue weighted by molar-refractivity contribution is -0.0291. The molecule has 25 heavy (non-hydrogen) atoms. The van der Waals surface area contributed by atoms with Crippen molar-refractivity contribution in [2.45, 2.75) is 55.9 Å². The monoisotopic (exact) mass is 369 g/mol. The zero-order chi connectivity index (χ0) is 17.6. The number of hydrogen-bond acceptors (Lipinski definition) is 8. The molecule has 10 heteroatoms. The maximum Gasteiger partial charge on any atom is 0.167 e. The van der Waals surface area contributed by atoms with E-state index in [0.717, 1.165) is 19.3 Å². The van der Waals surface area contributed by atoms with Gasteiger partial charge < -0.3 is 25.4 Å². The van der Waals surface area contributed by atoms with Crippen molar-refractivity contribution in [3.63, 3.8) is 0 Å². The molecule has 1 unspecified atom stereocenters. The number of nitrogens with zero attached hydrogens (tertiary/aromatic N) is 4. The van der Waals surface area contributed by atoms with E-state index in [9.17, 15) is 15.3 Å². The Labute approximate surface area is 148 Å². The van der Waals surface area contributed by atoms with Crippen molar-refractivity contribution in [1.82, 2.24) is 19.5 Å². The van der Waals surface area contributed by atoms with Crippen LogP contribution in [0.2, 0.25) is 0 Å². The Balaban J connectivity index is 1.65. The summed E-state index contributed by atoms with van der Waals surface area (Å²) in [7, 11) is 0. The Bertz CT molecular complexity index is 759. The Kier molecular flexibility index (Phi) is 4.50. The minimum Gasteiger partial charge on any atom is -0.391 e. The van der Waals surface area contributed by atoms with Crippen LogP contribution in [0.25, 0.3) is 11.2 Å². The summed E-state index contributed by atoms with van der Waals surface area (Å²) in [6.07, 6.45) is 1.36. The minimum absolute atomic E-state index is 0.0704. The van der Waals surface area contributed by atoms with Crippen LogP contribution in [0.1, 0.15) is 25.5 Å². The number of aromatic nitrogens is 4. The molecule has 1 saturated carbocycles. The molecule has 2 aromatic rings. The Morgan fingerprint density at radius 1 is 1.20 bits per heavy atom. The predicted octanol–water partition coefficient (Wildman–Crippen LogP) is 0.00960. The molecule has 4 N–H and O–H groups in total. The van der Waals surface area contributed by atoms with E-state index < -0.39 is 30.6 Å². The number of alkyl halides is 1. The molecule has 6 atom stereocenters. The number of aliphatic hydroxyl groups excluding tert-OH is 3. The third kappa shape index (κ3) is 2.85. The van der Waals surface area contributed by atoms with E-state index in [1.165, 1.54) is 12.7 Å². The molecule has 2 aliphatic rings. The lowest BCUT2D eigenvalue weighted by Gasteiger charge is -2.18. The van der Waals surface area contributed by atoms with Gasteiger partial charge in [0.25, 0.3) is 0 Å². The van der Waals surface area contributed by atoms with Gasteiger partial charge in [-0.25, -0.2) is 15.0 Å². The molecule has 0 spiro atoms. The van der Waals surface area contributed by atoms with Crippen molar-refractivity contribution >= 4 is 28.6 Å². The summed E-state index contributed by atoms with van der Waals surface area (Å²) in [6.45, 7) is 0. The summed E-state index contributed by atoms with van der Waals surface area (Å²) < 4.78 is 7.21. The van der Waals surface area contributed by atoms with Gasteiger partial charge >= 0.3 is 0 Å². The van der Waals surface area contributed by atoms with Crippen LogP contribution < -0.4 is 5.32 Å². The summed E-state index contributed by atoms with van der Waals surface area (Å²) in [5.74, 6) is 0.597. The van der Waals surface area contributed by atoms with Crippen molar-refractivity contribution in [2.24, 2.45) is 0 Å². The fraction of sp³-hybridized carbons (Fsp3) is 0.667. The number of anilines is 1. The van der Waals surface area contributed by atoms with Gasteiger partial charge in [-0.15, -0.1) is 11.6 Å². The van der Waals surface area contributed by atoms with Gasteiger partial charge in [0.05, 0.1) is 24.4 Å². The fourth-order valence-electron chi connectivity index (χ4n) is 3.51. The molecule has 2 aromatic heterocycles. The van der Waals surface area contributed by atoms with Crippen LogP contribution in [0.4, 0.5) is 5.82 Å². The highest BCUT2D eigenvalue weighted by Crippen LogP contribution is 2.33. The van der Waals surface area contributed by atoms with E-state index >= 15 is 0 Å². The van der Waals surface area contributed by atoms with Crippen LogP contribution in [-0.4, -0.2) is 71.2 Å². The van der Waals surface area contributed by atoms with Gasteiger partial charge in [-0.3, -0.25) is 4.57 Å². The van der Waals surface area contributed by atoms with Crippen LogP contribution in [0, 0.1) is 0 Å². The second-order valence-electron chi connectivity index (χ2n) is 6.50. The number of halogens is 1. The van der Waals surface area contributed by atoms with Gasteiger partial charge in [0, 0.05) is 0 Å². The van der Waals surface area contributed by atoms with Crippen LogP contribution in [0.3, 0.4) is 0 Å². The molecule has 1 aliphatic carbocycles. The average Bonchev–Trinajstić information content (AvgIpc) is 3.29. The van der Waals surface area contributed by atoms with Gasteiger partial charge in [-0.2, -0.15) is 0 Å². The topological polar surface area (TPSA) is 126 Å². The van der Waals surface area contributed by atoms with Crippen molar-refractivity contribution in [2.75, 3.05) is 11.2 Å². The summed E-state index contributed by atoms with van der Waals surface area (Å²) in [5.41, 5.74) is 0.984. The highest BCUT2D eigenvalue weighted by atomic mass is 35.5. The number of aliphatic hydroxyl groups is 3. The van der Waals surface area contributed by atoms with E-state index in [0.29, 0.717) is 17.0 Å². The number of ether oxygens (including phenoxy) is 1. The molecule has 1 aliphatic heterocycles. The first-order chi connectivity index (χ1) is 12.1. The molecule has 0 radical (unpaired) electrons. The van der Waals surface area contributed by atoms with Crippen LogP contribution in [0.15, 0.2) is 12.7 Å². The highest BCUT2D eigenvalue weighted by Gasteiger charge is 2.44. The first kappa shape index (κ1) is 16.9. The molecule has 4 rings (SSSR count). The molecule has 0 aromatic carbocycles. The lowest BCUT2D eigenvalue weighted by Crippen LogP contribution is -2.32. The van der Waals surface area contributed by atoms with E-state index in [1.807, 2.05) is 0 Å². The van der Waals surface area contributed by atoms with E-state index in [4.69, 9.17) is 16.3 Å². The molecule has 0 amide bonds. The smallest absolute Gasteiger partial charge is 0.167 e. The highest BCUT2D eigenvalue weighted by molar-refractivity contribution is 6.18. The number of hydrogen-bond donors (Lipinski definition) is 4. The van der Waals surface area contributed by atoms with Crippen molar-refractivity contribution < 1.29 is 20.1 Å². The predicted molar refractivity (Wildman–Crippen MR) is 89.2 cm³/mol. The van der Waals surface area contributed by atoms with Gasteiger partial charge in [0.2, 0.25) is 0 Å². The molecular formula is C15H20ClN5O4. The molecule has 136 valence electrons. The normalized spacial score (nSPS) is 35.5. The first-order valence-electron chi connectivity index (χ1n) is 8.30. The lowest BCUT2D eigenvalue weighted by atomic mass is 10.1. The van der Waals surface area contributed by atoms with Crippen LogP contribution >= 0.6 is 11.6 Å². The number of fused-ring (bicyclic) bond motifs is 1. The van der Waals surface area contributed by atoms with Gasteiger partial charge in [-0.05, 0) is 19.3 Å². The largest absolute Gasteiger partial charge is 0.391 e. The number of imidazole rings is 1. The first-order valence-corrected chi connectivity index (χ1v) is 8.83. The van der Waals surface area contributed by atoms with Gasteiger partial charge in [0.15, 0.2) is 23.2 Å². The summed E-state index contributed by atoms with van der Waals surface area (Å²) in [5, 5.41) is 33.5. The van der Waals surface area contributed by atoms with E-state index in [-0.39, 0.29) is 11.9 Å². The Hall–Kier alpha value is -1.52. The van der Waals surface area contributed by atoms with E-state index in [1.54, 1.807) is 4.57 Å². The zero-order valence-corrected chi connectivity index (χ0v) is 14.1. The summed E-state index contributed by atoms with van der Waals surface area (Å²) in [4.78, 5) is 12.8. The zero-order valence-electron chi connectivity index (χ0n) is 13.4. The SMILES string of the molecule is O[C@@H]1[C@@H](CCl)OC(n2cnc3c(N[C@H]4CCC[C@H]4O)ncnc32)[C@@H]1O. The third-order valence-corrected chi connectivity index (χ3v) is 5.23. The molecular weight excluding hydrogens is 350 g/mol. The second kappa shape index (κ2) is 6.65. The number of nitrogens with one attached hydrogen (secondary N) is 1. The van der Waals surface area contributed by atoms with Crippen LogP contribution in [-0.2, 0) is 4.74 Å². The standard InChI is InChI=1S/C15H20ClN5O4/c16-4-9-11(23)12(24)15(25-9)21-6-19-10-13(17-5-18-14(10)21)20-7-2-1-3-8(7)22/h5-9,11-12,15,22-24H,1-4H2,(H,17,18,20)/t7-,8+,9+,11+,12+,15?/m0/s1.